The number of carbonyl (C=O) groups excluding carboxylic acids is 2. The van der Waals surface area contributed by atoms with E-state index in [9.17, 15) is 27.9 Å². The van der Waals surface area contributed by atoms with E-state index in [2.05, 4.69) is 5.32 Å². The number of nitrogens with one attached hydrogen (secondary N) is 1. The van der Waals surface area contributed by atoms with Crippen LogP contribution in [0.2, 0.25) is 0 Å². The Balaban J connectivity index is 1.87. The van der Waals surface area contributed by atoms with Crippen LogP contribution in [0.1, 0.15) is 42.9 Å². The molecular formula is C28H31F3N2O4. The lowest BCUT2D eigenvalue weighted by Gasteiger charge is -2.30. The number of allylic oxidation sites excluding steroid dienone is 3. The molecule has 0 heterocycles. The number of carbonyl (C=O) groups is 2. The molecule has 2 amide bonds. The molecule has 1 atom stereocenters. The van der Waals surface area contributed by atoms with Gasteiger partial charge in [-0.3, -0.25) is 4.79 Å². The molecule has 0 aromatic heterocycles. The minimum absolute atomic E-state index is 0.0136. The van der Waals surface area contributed by atoms with Gasteiger partial charge in [-0.1, -0.05) is 48.5 Å². The highest BCUT2D eigenvalue weighted by Crippen LogP contribution is 2.41. The van der Waals surface area contributed by atoms with Crippen molar-refractivity contribution in [2.24, 2.45) is 0 Å². The summed E-state index contributed by atoms with van der Waals surface area (Å²) < 4.78 is 45.7. The minimum atomic E-state index is -4.55. The average molecular weight is 517 g/mol. The number of hydrogen-bond donors (Lipinski definition) is 2. The van der Waals surface area contributed by atoms with E-state index in [-0.39, 0.29) is 44.8 Å². The summed E-state index contributed by atoms with van der Waals surface area (Å²) in [5, 5.41) is 13.4. The lowest BCUT2D eigenvalue weighted by molar-refractivity contribution is -0.142. The normalized spacial score (nSPS) is 15.4. The molecule has 198 valence electrons. The van der Waals surface area contributed by atoms with Gasteiger partial charge in [-0.05, 0) is 49.1 Å². The molecular weight excluding hydrogens is 485 g/mol. The topological polar surface area (TPSA) is 78.9 Å². The Bertz CT molecular complexity index is 1160. The number of benzene rings is 2. The van der Waals surface area contributed by atoms with Crippen LogP contribution in [0.4, 0.5) is 18.0 Å². The van der Waals surface area contributed by atoms with E-state index in [4.69, 9.17) is 4.74 Å². The Morgan fingerprint density at radius 3 is 2.49 bits per heavy atom. The van der Waals surface area contributed by atoms with Gasteiger partial charge in [0.1, 0.15) is 5.75 Å². The van der Waals surface area contributed by atoms with Crippen LogP contribution in [0.15, 0.2) is 71.8 Å². The van der Waals surface area contributed by atoms with Crippen molar-refractivity contribution in [3.8, 4) is 5.75 Å². The van der Waals surface area contributed by atoms with Crippen LogP contribution >= 0.6 is 0 Å². The maximum absolute atomic E-state index is 13.6. The fourth-order valence-electron chi connectivity index (χ4n) is 4.24. The number of hydrogen-bond acceptors (Lipinski definition) is 4. The number of rotatable bonds is 9. The van der Waals surface area contributed by atoms with Crippen LogP contribution < -0.4 is 5.32 Å². The Hall–Kier alpha value is -3.75. The standard InChI is InChI=1S/C28H31F3N2O4/c1-3-33(27(36)32-17-19-8-6-5-7-9-19)18-21-16-22(28(29,30)31)11-12-23(21)24-14-20(10-13-25(24)34)15-26(35)37-4-2/h5-11,13-14,16,23,34H,3-4,12,15,17-18H2,1-2H3,(H,32,36). The van der Waals surface area contributed by atoms with Gasteiger partial charge in [-0.25, -0.2) is 4.79 Å². The van der Waals surface area contributed by atoms with Crippen molar-refractivity contribution in [2.45, 2.75) is 45.3 Å². The first kappa shape index (κ1) is 27.8. The van der Waals surface area contributed by atoms with Crippen LogP contribution in [0.25, 0.3) is 0 Å². The molecule has 0 spiro atoms. The van der Waals surface area contributed by atoms with E-state index < -0.39 is 29.7 Å². The number of urea groups is 1. The molecule has 0 bridgehead atoms. The monoisotopic (exact) mass is 516 g/mol. The number of alkyl halides is 3. The summed E-state index contributed by atoms with van der Waals surface area (Å²) in [6, 6.07) is 13.5. The van der Waals surface area contributed by atoms with Crippen molar-refractivity contribution in [3.05, 3.63) is 88.5 Å². The summed E-state index contributed by atoms with van der Waals surface area (Å²) in [6.45, 7) is 4.16. The number of ether oxygens (including phenoxy) is 1. The number of likely N-dealkylation sites (N-methyl/N-ethyl adjacent to an activating group) is 1. The molecule has 2 N–H and O–H groups in total. The predicted molar refractivity (Wildman–Crippen MR) is 134 cm³/mol. The Morgan fingerprint density at radius 2 is 1.84 bits per heavy atom. The molecule has 0 saturated carbocycles. The zero-order valence-electron chi connectivity index (χ0n) is 20.8. The summed E-state index contributed by atoms with van der Waals surface area (Å²) in [6.07, 6.45) is -2.44. The van der Waals surface area contributed by atoms with Crippen molar-refractivity contribution < 1.29 is 32.6 Å². The molecule has 0 radical (unpaired) electrons. The molecule has 1 aliphatic rings. The highest BCUT2D eigenvalue weighted by Gasteiger charge is 2.36. The lowest BCUT2D eigenvalue weighted by atomic mass is 9.81. The van der Waals surface area contributed by atoms with Gasteiger partial charge in [0.2, 0.25) is 0 Å². The molecule has 0 aliphatic heterocycles. The number of phenolic OH excluding ortho intramolecular Hbond substituents is 1. The zero-order valence-corrected chi connectivity index (χ0v) is 20.8. The Kier molecular flexibility index (Phi) is 9.38. The third kappa shape index (κ3) is 7.62. The van der Waals surface area contributed by atoms with Crippen LogP contribution in [0.3, 0.4) is 0 Å². The number of amides is 2. The number of nitrogens with zero attached hydrogens (tertiary/aromatic N) is 1. The fraction of sp³-hybridized carbons (Fsp3) is 0.357. The third-order valence-corrected chi connectivity index (χ3v) is 6.14. The van der Waals surface area contributed by atoms with Gasteiger partial charge in [0, 0.05) is 31.1 Å². The second-order valence-electron chi connectivity index (χ2n) is 8.70. The fourth-order valence-corrected chi connectivity index (χ4v) is 4.24. The van der Waals surface area contributed by atoms with Crippen molar-refractivity contribution in [1.29, 1.82) is 0 Å². The molecule has 9 heteroatoms. The highest BCUT2D eigenvalue weighted by molar-refractivity contribution is 5.75. The van der Waals surface area contributed by atoms with Gasteiger partial charge in [-0.2, -0.15) is 13.2 Å². The largest absolute Gasteiger partial charge is 0.508 e. The van der Waals surface area contributed by atoms with Gasteiger partial charge >= 0.3 is 18.2 Å². The van der Waals surface area contributed by atoms with Gasteiger partial charge in [0.05, 0.1) is 18.6 Å². The quantitative estimate of drug-likeness (QED) is 0.424. The molecule has 6 nitrogen and oxygen atoms in total. The summed E-state index contributed by atoms with van der Waals surface area (Å²) in [7, 11) is 0. The first-order valence-corrected chi connectivity index (χ1v) is 12.1. The maximum atomic E-state index is 13.6. The van der Waals surface area contributed by atoms with E-state index in [0.717, 1.165) is 17.7 Å². The molecule has 0 fully saturated rings. The zero-order chi connectivity index (χ0) is 27.0. The maximum Gasteiger partial charge on any atom is 0.416 e. The van der Waals surface area contributed by atoms with Gasteiger partial charge in [0.15, 0.2) is 0 Å². The minimum Gasteiger partial charge on any atom is -0.508 e. The summed E-state index contributed by atoms with van der Waals surface area (Å²) in [5.41, 5.74) is 1.42. The van der Waals surface area contributed by atoms with Gasteiger partial charge < -0.3 is 20.1 Å². The summed E-state index contributed by atoms with van der Waals surface area (Å²) >= 11 is 0. The first-order chi connectivity index (χ1) is 17.6. The number of halogens is 3. The Labute approximate surface area is 214 Å². The molecule has 2 aromatic rings. The van der Waals surface area contributed by atoms with E-state index in [1.807, 2.05) is 30.3 Å². The molecule has 3 rings (SSSR count). The SMILES string of the molecule is CCOC(=O)Cc1ccc(O)c(C2CC=C(C(F)(F)F)C=C2CN(CC)C(=O)NCc2ccccc2)c1. The highest BCUT2D eigenvalue weighted by atomic mass is 19.4. The lowest BCUT2D eigenvalue weighted by Crippen LogP contribution is -2.41. The molecule has 1 unspecified atom stereocenters. The Morgan fingerprint density at radius 1 is 1.11 bits per heavy atom. The second-order valence-corrected chi connectivity index (χ2v) is 8.70. The van der Waals surface area contributed by atoms with E-state index in [0.29, 0.717) is 16.7 Å². The van der Waals surface area contributed by atoms with Gasteiger partial charge in [-0.15, -0.1) is 0 Å². The van der Waals surface area contributed by atoms with Crippen LogP contribution in [0.5, 0.6) is 5.75 Å². The average Bonchev–Trinajstić information content (AvgIpc) is 2.87. The van der Waals surface area contributed by atoms with Crippen LogP contribution in [0, 0.1) is 0 Å². The molecule has 2 aromatic carbocycles. The van der Waals surface area contributed by atoms with Crippen molar-refractivity contribution in [1.82, 2.24) is 10.2 Å². The van der Waals surface area contributed by atoms with Gasteiger partial charge in [0.25, 0.3) is 0 Å². The number of aromatic hydroxyl groups is 1. The number of phenols is 1. The van der Waals surface area contributed by atoms with Crippen molar-refractivity contribution >= 4 is 12.0 Å². The predicted octanol–water partition coefficient (Wildman–Crippen LogP) is 5.63. The van der Waals surface area contributed by atoms with E-state index in [1.54, 1.807) is 26.0 Å². The van der Waals surface area contributed by atoms with Crippen LogP contribution in [-0.4, -0.2) is 47.9 Å². The van der Waals surface area contributed by atoms with E-state index in [1.165, 1.54) is 11.0 Å². The summed E-state index contributed by atoms with van der Waals surface area (Å²) in [4.78, 5) is 26.3. The summed E-state index contributed by atoms with van der Waals surface area (Å²) in [5.74, 6) is -1.14. The van der Waals surface area contributed by atoms with Crippen molar-refractivity contribution in [2.75, 3.05) is 19.7 Å². The third-order valence-electron chi connectivity index (χ3n) is 6.14. The van der Waals surface area contributed by atoms with Crippen molar-refractivity contribution in [3.63, 3.8) is 0 Å². The van der Waals surface area contributed by atoms with Crippen LogP contribution in [-0.2, 0) is 22.5 Å². The van der Waals surface area contributed by atoms with E-state index >= 15 is 0 Å². The first-order valence-electron chi connectivity index (χ1n) is 12.1. The molecule has 0 saturated heterocycles. The number of esters is 1. The molecule has 37 heavy (non-hydrogen) atoms. The second kappa shape index (κ2) is 12.5. The molecule has 1 aliphatic carbocycles. The smallest absolute Gasteiger partial charge is 0.416 e.